The second-order valence-corrected chi connectivity index (χ2v) is 8.00. The molecule has 0 aliphatic carbocycles. The van der Waals surface area contributed by atoms with E-state index in [1.165, 1.54) is 21.6 Å². The van der Waals surface area contributed by atoms with Crippen LogP contribution in [0.4, 0.5) is 11.4 Å². The molecule has 1 aliphatic rings. The van der Waals surface area contributed by atoms with Crippen molar-refractivity contribution in [1.82, 2.24) is 24.5 Å². The minimum atomic E-state index is -0.203. The second kappa shape index (κ2) is 9.56. The molecule has 11 heteroatoms. The van der Waals surface area contributed by atoms with Crippen LogP contribution in [0.15, 0.2) is 35.5 Å². The second-order valence-electron chi connectivity index (χ2n) is 7.06. The van der Waals surface area contributed by atoms with Gasteiger partial charge in [-0.2, -0.15) is 0 Å². The third kappa shape index (κ3) is 5.18. The molecule has 1 aromatic carbocycles. The van der Waals surface area contributed by atoms with Crippen LogP contribution in [0, 0.1) is 13.8 Å². The van der Waals surface area contributed by atoms with E-state index >= 15 is 0 Å². The van der Waals surface area contributed by atoms with Gasteiger partial charge in [-0.15, -0.1) is 10.2 Å². The summed E-state index contributed by atoms with van der Waals surface area (Å²) in [5.74, 6) is 0.299. The molecule has 1 aliphatic heterocycles. The van der Waals surface area contributed by atoms with Gasteiger partial charge in [-0.3, -0.25) is 18.8 Å². The van der Waals surface area contributed by atoms with Gasteiger partial charge in [-0.1, -0.05) is 23.9 Å². The lowest BCUT2D eigenvalue weighted by molar-refractivity contribution is -0.120. The van der Waals surface area contributed by atoms with Crippen molar-refractivity contribution in [3.63, 3.8) is 0 Å². The van der Waals surface area contributed by atoms with E-state index < -0.39 is 0 Å². The molecule has 3 amide bonds. The quantitative estimate of drug-likeness (QED) is 0.482. The topological polar surface area (TPSA) is 113 Å². The average molecular weight is 442 g/mol. The van der Waals surface area contributed by atoms with Crippen LogP contribution in [-0.4, -0.2) is 69.1 Å². The molecule has 162 valence electrons. The van der Waals surface area contributed by atoms with Crippen LogP contribution in [0.3, 0.4) is 0 Å². The molecule has 3 aromatic rings. The normalized spacial score (nSPS) is 12.5. The summed E-state index contributed by atoms with van der Waals surface area (Å²) in [5.41, 5.74) is 3.17. The van der Waals surface area contributed by atoms with Crippen molar-refractivity contribution in [2.75, 3.05) is 36.6 Å². The molecule has 0 fully saturated rings. The Bertz CT molecular complexity index is 1130. The predicted molar refractivity (Wildman–Crippen MR) is 118 cm³/mol. The van der Waals surface area contributed by atoms with Gasteiger partial charge >= 0.3 is 0 Å². The van der Waals surface area contributed by atoms with E-state index in [2.05, 4.69) is 20.5 Å². The van der Waals surface area contributed by atoms with Gasteiger partial charge < -0.3 is 15.1 Å². The fraction of sp³-hybridized carbons (Fsp3) is 0.300. The van der Waals surface area contributed by atoms with Gasteiger partial charge in [-0.25, -0.2) is 4.98 Å². The van der Waals surface area contributed by atoms with E-state index in [0.717, 1.165) is 17.8 Å². The Balaban J connectivity index is 0.000000491. The molecule has 10 nitrogen and oxygen atoms in total. The van der Waals surface area contributed by atoms with Gasteiger partial charge in [0, 0.05) is 25.5 Å². The summed E-state index contributed by atoms with van der Waals surface area (Å²) in [4.78, 5) is 41.3. The van der Waals surface area contributed by atoms with E-state index in [0.29, 0.717) is 22.3 Å². The summed E-state index contributed by atoms with van der Waals surface area (Å²) >= 11 is 1.28. The fourth-order valence-electron chi connectivity index (χ4n) is 2.95. The summed E-state index contributed by atoms with van der Waals surface area (Å²) in [6, 6.07) is 9.20. The monoisotopic (exact) mass is 441 g/mol. The van der Waals surface area contributed by atoms with E-state index in [9.17, 15) is 14.4 Å². The molecule has 2 aromatic heterocycles. The van der Waals surface area contributed by atoms with Gasteiger partial charge in [0.05, 0.1) is 17.1 Å². The molecule has 0 unspecified atom stereocenters. The van der Waals surface area contributed by atoms with Crippen molar-refractivity contribution in [3.8, 4) is 0 Å². The van der Waals surface area contributed by atoms with Crippen molar-refractivity contribution >= 4 is 47.1 Å². The van der Waals surface area contributed by atoms with Gasteiger partial charge in [0.1, 0.15) is 6.54 Å². The van der Waals surface area contributed by atoms with Crippen LogP contribution in [0.1, 0.15) is 11.4 Å². The lowest BCUT2D eigenvalue weighted by Crippen LogP contribution is -2.43. The molecule has 0 saturated heterocycles. The molecular weight excluding hydrogens is 418 g/mol. The van der Waals surface area contributed by atoms with Crippen molar-refractivity contribution in [1.29, 1.82) is 0 Å². The highest BCUT2D eigenvalue weighted by atomic mass is 32.2. The summed E-state index contributed by atoms with van der Waals surface area (Å²) in [5, 5.41) is 11.6. The molecule has 0 spiro atoms. The highest BCUT2D eigenvalue weighted by Gasteiger charge is 2.27. The number of aryl methyl sites for hydroxylation is 2. The molecule has 31 heavy (non-hydrogen) atoms. The van der Waals surface area contributed by atoms with Crippen molar-refractivity contribution in [2.24, 2.45) is 0 Å². The third-order valence-electron chi connectivity index (χ3n) is 4.27. The van der Waals surface area contributed by atoms with Crippen LogP contribution < -0.4 is 10.2 Å². The maximum absolute atomic E-state index is 12.7. The molecule has 3 heterocycles. The maximum atomic E-state index is 12.7. The summed E-state index contributed by atoms with van der Waals surface area (Å²) in [6.45, 7) is 3.86. The van der Waals surface area contributed by atoms with Gasteiger partial charge in [0.2, 0.25) is 18.2 Å². The molecule has 1 N–H and O–H groups in total. The zero-order chi connectivity index (χ0) is 22.5. The summed E-state index contributed by atoms with van der Waals surface area (Å²) in [6.07, 6.45) is 0.750. The average Bonchev–Trinajstić information content (AvgIpc) is 3.14. The number of nitrogens with one attached hydrogen (secondary N) is 1. The number of thioether (sulfide) groups is 1. The van der Waals surface area contributed by atoms with Crippen LogP contribution >= 0.6 is 11.8 Å². The zero-order valence-corrected chi connectivity index (χ0v) is 18.5. The number of hydrogen-bond donors (Lipinski definition) is 1. The Morgan fingerprint density at radius 2 is 1.97 bits per heavy atom. The number of anilines is 2. The summed E-state index contributed by atoms with van der Waals surface area (Å²) < 4.78 is 1.82. The first-order valence-electron chi connectivity index (χ1n) is 9.43. The molecule has 0 saturated carbocycles. The first-order valence-corrected chi connectivity index (χ1v) is 10.4. The Hall–Kier alpha value is -3.47. The number of nitrogens with zero attached hydrogens (tertiary/aromatic N) is 6. The minimum Gasteiger partial charge on any atom is -0.351 e. The molecule has 0 radical (unpaired) electrons. The highest BCUT2D eigenvalue weighted by Crippen LogP contribution is 2.30. The van der Waals surface area contributed by atoms with Crippen molar-refractivity contribution in [3.05, 3.63) is 41.7 Å². The van der Waals surface area contributed by atoms with E-state index in [4.69, 9.17) is 0 Å². The first-order chi connectivity index (χ1) is 14.8. The molecule has 0 bridgehead atoms. The Morgan fingerprint density at radius 1 is 1.26 bits per heavy atom. The van der Waals surface area contributed by atoms with E-state index in [-0.39, 0.29) is 24.1 Å². The van der Waals surface area contributed by atoms with Gasteiger partial charge in [-0.05, 0) is 32.0 Å². The number of rotatable bonds is 4. The first kappa shape index (κ1) is 22.2. The Kier molecular flexibility index (Phi) is 6.85. The Labute approximate surface area is 183 Å². The van der Waals surface area contributed by atoms with Crippen LogP contribution in [0.2, 0.25) is 0 Å². The number of fused-ring (bicyclic) bond motifs is 2. The smallest absolute Gasteiger partial charge is 0.256 e. The third-order valence-corrected chi connectivity index (χ3v) is 5.18. The zero-order valence-electron chi connectivity index (χ0n) is 17.7. The fourth-order valence-corrected chi connectivity index (χ4v) is 3.82. The van der Waals surface area contributed by atoms with Crippen LogP contribution in [0.25, 0.3) is 5.78 Å². The van der Waals surface area contributed by atoms with E-state index in [1.54, 1.807) is 20.2 Å². The number of amides is 3. The maximum Gasteiger partial charge on any atom is 0.256 e. The summed E-state index contributed by atoms with van der Waals surface area (Å²) in [7, 11) is 3.38. The number of aromatic nitrogens is 4. The van der Waals surface area contributed by atoms with Crippen molar-refractivity contribution < 1.29 is 14.4 Å². The molecular formula is C20H23N7O3S. The van der Waals surface area contributed by atoms with Gasteiger partial charge in [0.25, 0.3) is 5.78 Å². The van der Waals surface area contributed by atoms with Crippen LogP contribution in [-0.2, 0) is 14.4 Å². The number of hydrogen-bond acceptors (Lipinski definition) is 7. The molecule has 0 atom stereocenters. The number of benzene rings is 1. The number of para-hydroxylation sites is 2. The lowest BCUT2D eigenvalue weighted by atomic mass is 10.2. The lowest BCUT2D eigenvalue weighted by Gasteiger charge is -2.28. The molecule has 4 rings (SSSR count). The Morgan fingerprint density at radius 3 is 2.68 bits per heavy atom. The van der Waals surface area contributed by atoms with Gasteiger partial charge in [0.15, 0.2) is 5.16 Å². The number of carbonyl (C=O) groups excluding carboxylic acids is 3. The number of carbonyl (C=O) groups is 3. The predicted octanol–water partition coefficient (Wildman–Crippen LogP) is 1.52. The highest BCUT2D eigenvalue weighted by molar-refractivity contribution is 7.99. The SMILES string of the molecule is CN(C)C=O.Cc1cc(C)n2c(SCC(=O)N3CC(=O)Nc4ccccc43)nnc2n1. The van der Waals surface area contributed by atoms with Crippen molar-refractivity contribution in [2.45, 2.75) is 19.0 Å². The van der Waals surface area contributed by atoms with E-state index in [1.807, 2.05) is 42.5 Å². The minimum absolute atomic E-state index is 0.0107. The van der Waals surface area contributed by atoms with Crippen LogP contribution in [0.5, 0.6) is 0 Å². The standard InChI is InChI=1S/C17H16N6O2S.C3H7NO/c1-10-7-11(2)23-16(18-10)20-21-17(23)26-9-15(25)22-8-14(24)19-12-5-3-4-6-13(12)22;1-4(2)3-5/h3-7H,8-9H2,1-2H3,(H,19,24);3H,1-2H3. The largest absolute Gasteiger partial charge is 0.351 e.